The van der Waals surface area contributed by atoms with Gasteiger partial charge in [0.1, 0.15) is 11.6 Å². The number of carboxylic acid groups (broad SMARTS) is 1. The van der Waals surface area contributed by atoms with Gasteiger partial charge in [0.15, 0.2) is 0 Å². The van der Waals surface area contributed by atoms with Crippen LogP contribution in [0, 0.1) is 11.6 Å². The first-order chi connectivity index (χ1) is 12.8. The number of piperidine rings is 1. The third-order valence-electron chi connectivity index (χ3n) is 4.74. The highest BCUT2D eigenvalue weighted by atomic mass is 19.1. The molecule has 0 spiro atoms. The Balaban J connectivity index is 2.19. The molecule has 0 radical (unpaired) electrons. The summed E-state index contributed by atoms with van der Waals surface area (Å²) in [6.45, 7) is 1.68. The first kappa shape index (κ1) is 20.8. The summed E-state index contributed by atoms with van der Waals surface area (Å²) in [6, 6.07) is 2.03. The highest BCUT2D eigenvalue weighted by molar-refractivity contribution is 5.79. The average Bonchev–Trinajstić information content (AvgIpc) is 2.59. The van der Waals surface area contributed by atoms with Gasteiger partial charge in [-0.15, -0.1) is 0 Å². The van der Waals surface area contributed by atoms with E-state index in [0.29, 0.717) is 19.4 Å². The summed E-state index contributed by atoms with van der Waals surface area (Å²) in [5, 5.41) is 11.3. The number of carbonyl (C=O) groups is 3. The number of nitrogens with zero attached hydrogens (tertiary/aromatic N) is 1. The van der Waals surface area contributed by atoms with E-state index in [1.165, 1.54) is 13.0 Å². The fourth-order valence-corrected chi connectivity index (χ4v) is 3.53. The van der Waals surface area contributed by atoms with Gasteiger partial charge in [-0.25, -0.2) is 8.78 Å². The Kier molecular flexibility index (Phi) is 7.27. The van der Waals surface area contributed by atoms with E-state index >= 15 is 0 Å². The van der Waals surface area contributed by atoms with Crippen molar-refractivity contribution in [2.75, 3.05) is 6.54 Å². The molecule has 0 bridgehead atoms. The molecule has 0 aliphatic carbocycles. The van der Waals surface area contributed by atoms with Crippen LogP contribution in [-0.4, -0.2) is 40.4 Å². The second kappa shape index (κ2) is 9.43. The minimum atomic E-state index is -1.13. The number of likely N-dealkylation sites (tertiary alicyclic amines) is 1. The van der Waals surface area contributed by atoms with Gasteiger partial charge in [-0.05, 0) is 37.8 Å². The number of benzene rings is 1. The first-order valence-electron chi connectivity index (χ1n) is 9.02. The van der Waals surface area contributed by atoms with Crippen LogP contribution in [-0.2, 0) is 14.4 Å². The van der Waals surface area contributed by atoms with Gasteiger partial charge in [0.2, 0.25) is 11.8 Å². The van der Waals surface area contributed by atoms with E-state index < -0.39 is 29.6 Å². The molecule has 148 valence electrons. The molecule has 1 aliphatic rings. The molecule has 0 saturated carbocycles. The van der Waals surface area contributed by atoms with Gasteiger partial charge in [-0.1, -0.05) is 6.07 Å². The quantitative estimate of drug-likeness (QED) is 0.759. The summed E-state index contributed by atoms with van der Waals surface area (Å²) < 4.78 is 28.3. The number of hydrogen-bond donors (Lipinski definition) is 2. The van der Waals surface area contributed by atoms with Crippen molar-refractivity contribution in [3.05, 3.63) is 35.4 Å². The van der Waals surface area contributed by atoms with Crippen molar-refractivity contribution in [2.24, 2.45) is 0 Å². The number of carbonyl (C=O) groups excluding carboxylic acids is 2. The molecule has 6 nitrogen and oxygen atoms in total. The standard InChI is InChI=1S/C19H24F2N2O4/c1-12(24)22-16(19-14(20)6-4-7-15(19)21)11-17(25)23-10-3-2-5-13(23)8-9-18(26)27/h4,6-7,13,16H,2-3,5,8-11H2,1H3,(H,22,24)(H,26,27)/t13-,16-/m0/s1. The van der Waals surface area contributed by atoms with Crippen LogP contribution in [0.4, 0.5) is 8.78 Å². The summed E-state index contributed by atoms with van der Waals surface area (Å²) >= 11 is 0. The lowest BCUT2D eigenvalue weighted by Crippen LogP contribution is -2.45. The zero-order chi connectivity index (χ0) is 20.0. The van der Waals surface area contributed by atoms with Crippen molar-refractivity contribution < 1.29 is 28.3 Å². The summed E-state index contributed by atoms with van der Waals surface area (Å²) in [5.74, 6) is -3.45. The highest BCUT2D eigenvalue weighted by Gasteiger charge is 2.31. The molecule has 1 aromatic rings. The summed E-state index contributed by atoms with van der Waals surface area (Å²) in [4.78, 5) is 36.8. The van der Waals surface area contributed by atoms with Crippen molar-refractivity contribution in [3.8, 4) is 0 Å². The van der Waals surface area contributed by atoms with Crippen molar-refractivity contribution >= 4 is 17.8 Å². The zero-order valence-corrected chi connectivity index (χ0v) is 15.2. The molecule has 1 aromatic carbocycles. The minimum absolute atomic E-state index is 0.0501. The number of rotatable bonds is 7. The van der Waals surface area contributed by atoms with E-state index in [-0.39, 0.29) is 30.4 Å². The number of aliphatic carboxylic acids is 1. The van der Waals surface area contributed by atoms with E-state index in [0.717, 1.165) is 25.0 Å². The molecule has 1 heterocycles. The lowest BCUT2D eigenvalue weighted by Gasteiger charge is -2.36. The minimum Gasteiger partial charge on any atom is -0.481 e. The molecular weight excluding hydrogens is 358 g/mol. The first-order valence-corrected chi connectivity index (χ1v) is 9.02. The molecule has 2 atom stereocenters. The van der Waals surface area contributed by atoms with Crippen LogP contribution < -0.4 is 5.32 Å². The molecular formula is C19H24F2N2O4. The van der Waals surface area contributed by atoms with Crippen LogP contribution in [0.3, 0.4) is 0 Å². The summed E-state index contributed by atoms with van der Waals surface area (Å²) in [7, 11) is 0. The monoisotopic (exact) mass is 382 g/mol. The van der Waals surface area contributed by atoms with E-state index in [9.17, 15) is 23.2 Å². The van der Waals surface area contributed by atoms with Crippen LogP contribution >= 0.6 is 0 Å². The Morgan fingerprint density at radius 2 is 1.93 bits per heavy atom. The maximum atomic E-state index is 14.1. The van der Waals surface area contributed by atoms with Crippen molar-refractivity contribution in [3.63, 3.8) is 0 Å². The normalized spacial score (nSPS) is 18.0. The molecule has 8 heteroatoms. The van der Waals surface area contributed by atoms with Crippen molar-refractivity contribution in [1.82, 2.24) is 10.2 Å². The van der Waals surface area contributed by atoms with Gasteiger partial charge in [-0.3, -0.25) is 14.4 Å². The van der Waals surface area contributed by atoms with Crippen molar-refractivity contribution in [2.45, 2.75) is 57.5 Å². The van der Waals surface area contributed by atoms with Gasteiger partial charge in [-0.2, -0.15) is 0 Å². The maximum absolute atomic E-state index is 14.1. The van der Waals surface area contributed by atoms with Gasteiger partial charge in [0, 0.05) is 31.5 Å². The fourth-order valence-electron chi connectivity index (χ4n) is 3.53. The highest BCUT2D eigenvalue weighted by Crippen LogP contribution is 2.27. The third kappa shape index (κ3) is 5.74. The number of carboxylic acids is 1. The number of amides is 2. The number of hydrogen-bond acceptors (Lipinski definition) is 3. The molecule has 27 heavy (non-hydrogen) atoms. The topological polar surface area (TPSA) is 86.7 Å². The average molecular weight is 382 g/mol. The van der Waals surface area contributed by atoms with Crippen LogP contribution in [0.2, 0.25) is 0 Å². The lowest BCUT2D eigenvalue weighted by atomic mass is 9.95. The van der Waals surface area contributed by atoms with E-state index in [1.807, 2.05) is 0 Å². The van der Waals surface area contributed by atoms with E-state index in [1.54, 1.807) is 4.90 Å². The number of halogens is 2. The Bertz CT molecular complexity index is 691. The molecule has 2 amide bonds. The van der Waals surface area contributed by atoms with E-state index in [2.05, 4.69) is 5.32 Å². The molecule has 1 fully saturated rings. The largest absolute Gasteiger partial charge is 0.481 e. The SMILES string of the molecule is CC(=O)N[C@@H](CC(=O)N1CCCC[C@H]1CCC(=O)O)c1c(F)cccc1F. The van der Waals surface area contributed by atoms with Gasteiger partial charge < -0.3 is 15.3 Å². The zero-order valence-electron chi connectivity index (χ0n) is 15.2. The van der Waals surface area contributed by atoms with E-state index in [4.69, 9.17) is 5.11 Å². The Morgan fingerprint density at radius 1 is 1.26 bits per heavy atom. The van der Waals surface area contributed by atoms with Gasteiger partial charge in [0.05, 0.1) is 12.5 Å². The van der Waals surface area contributed by atoms with Gasteiger partial charge in [0.25, 0.3) is 0 Å². The second-order valence-corrected chi connectivity index (χ2v) is 6.76. The summed E-state index contributed by atoms with van der Waals surface area (Å²) in [6.07, 6.45) is 2.36. The molecule has 0 aromatic heterocycles. The van der Waals surface area contributed by atoms with Gasteiger partial charge >= 0.3 is 5.97 Å². The maximum Gasteiger partial charge on any atom is 0.303 e. The van der Waals surface area contributed by atoms with Crippen LogP contribution in [0.5, 0.6) is 0 Å². The van der Waals surface area contributed by atoms with Crippen LogP contribution in [0.1, 0.15) is 57.1 Å². The van der Waals surface area contributed by atoms with Crippen LogP contribution in [0.25, 0.3) is 0 Å². The predicted octanol–water partition coefficient (Wildman–Crippen LogP) is 2.78. The molecule has 2 N–H and O–H groups in total. The molecule has 2 rings (SSSR count). The second-order valence-electron chi connectivity index (χ2n) is 6.76. The molecule has 1 saturated heterocycles. The Hall–Kier alpha value is -2.51. The smallest absolute Gasteiger partial charge is 0.303 e. The number of nitrogens with one attached hydrogen (secondary N) is 1. The Morgan fingerprint density at radius 3 is 2.52 bits per heavy atom. The lowest BCUT2D eigenvalue weighted by molar-refractivity contribution is -0.140. The summed E-state index contributed by atoms with van der Waals surface area (Å²) in [5.41, 5.74) is -0.347. The van der Waals surface area contributed by atoms with Crippen molar-refractivity contribution in [1.29, 1.82) is 0 Å². The Labute approximate surface area is 156 Å². The third-order valence-corrected chi connectivity index (χ3v) is 4.74. The molecule has 0 unspecified atom stereocenters. The van der Waals surface area contributed by atoms with Crippen LogP contribution in [0.15, 0.2) is 18.2 Å². The molecule has 1 aliphatic heterocycles. The fraction of sp³-hybridized carbons (Fsp3) is 0.526. The predicted molar refractivity (Wildman–Crippen MR) is 93.8 cm³/mol.